The summed E-state index contributed by atoms with van der Waals surface area (Å²) in [5.41, 5.74) is 4.86. The van der Waals surface area contributed by atoms with E-state index in [1.165, 1.54) is 5.56 Å². The lowest BCUT2D eigenvalue weighted by Gasteiger charge is -2.34. The predicted octanol–water partition coefficient (Wildman–Crippen LogP) is 4.99. The second-order valence-electron chi connectivity index (χ2n) is 9.03. The number of amides is 1. The first-order chi connectivity index (χ1) is 17.9. The number of carbonyl (C=O) groups is 1. The highest BCUT2D eigenvalue weighted by Crippen LogP contribution is 2.32. The highest BCUT2D eigenvalue weighted by Gasteiger charge is 2.25. The minimum absolute atomic E-state index is 0.0848. The van der Waals surface area contributed by atoms with E-state index in [0.29, 0.717) is 34.6 Å². The molecule has 2 aromatic heterocycles. The number of aryl methyl sites for hydroxylation is 1. The molecule has 0 N–H and O–H groups in total. The molecule has 0 radical (unpaired) electrons. The van der Waals surface area contributed by atoms with Gasteiger partial charge in [0.1, 0.15) is 0 Å². The van der Waals surface area contributed by atoms with Gasteiger partial charge >= 0.3 is 0 Å². The van der Waals surface area contributed by atoms with Crippen LogP contribution in [-0.2, 0) is 13.3 Å². The number of rotatable bonds is 7. The molecule has 0 aliphatic carbocycles. The lowest BCUT2D eigenvalue weighted by Crippen LogP contribution is -2.48. The standard InChI is InChI=1S/C27H28Cl2N6O2/c1-19-22(20(2)35(30-19)21-7-4-3-5-8-21)17-32-13-15-33(16-14-32)27(36)25-11-12-34(31-25)18-37-26-23(28)9-6-10-24(26)29/h3-12H,13-18H2,1-2H3. The van der Waals surface area contributed by atoms with Crippen LogP contribution in [0.5, 0.6) is 5.75 Å². The molecule has 192 valence electrons. The zero-order valence-electron chi connectivity index (χ0n) is 20.8. The Kier molecular flexibility index (Phi) is 7.50. The highest BCUT2D eigenvalue weighted by atomic mass is 35.5. The summed E-state index contributed by atoms with van der Waals surface area (Å²) < 4.78 is 9.27. The minimum atomic E-state index is -0.0848. The number of hydrogen-bond donors (Lipinski definition) is 0. The maximum absolute atomic E-state index is 13.1. The number of piperazine rings is 1. The Morgan fingerprint density at radius 3 is 2.32 bits per heavy atom. The van der Waals surface area contributed by atoms with Crippen molar-refractivity contribution in [1.82, 2.24) is 29.4 Å². The van der Waals surface area contributed by atoms with Crippen LogP contribution in [0.2, 0.25) is 10.0 Å². The van der Waals surface area contributed by atoms with Gasteiger partial charge in [-0.25, -0.2) is 9.36 Å². The van der Waals surface area contributed by atoms with Gasteiger partial charge in [-0.15, -0.1) is 0 Å². The zero-order chi connectivity index (χ0) is 25.9. The summed E-state index contributed by atoms with van der Waals surface area (Å²) >= 11 is 12.3. The normalized spacial score (nSPS) is 14.2. The van der Waals surface area contributed by atoms with Crippen molar-refractivity contribution in [2.75, 3.05) is 26.2 Å². The minimum Gasteiger partial charge on any atom is -0.468 e. The van der Waals surface area contributed by atoms with Gasteiger partial charge in [-0.05, 0) is 44.2 Å². The number of halogens is 2. The molecule has 1 amide bonds. The summed E-state index contributed by atoms with van der Waals surface area (Å²) in [6, 6.07) is 17.0. The fourth-order valence-electron chi connectivity index (χ4n) is 4.52. The lowest BCUT2D eigenvalue weighted by atomic mass is 10.1. The third-order valence-electron chi connectivity index (χ3n) is 6.60. The van der Waals surface area contributed by atoms with Crippen LogP contribution < -0.4 is 4.74 Å². The highest BCUT2D eigenvalue weighted by molar-refractivity contribution is 6.37. The van der Waals surface area contributed by atoms with Gasteiger partial charge in [0.2, 0.25) is 0 Å². The molecule has 0 saturated carbocycles. The van der Waals surface area contributed by atoms with Crippen molar-refractivity contribution >= 4 is 29.1 Å². The van der Waals surface area contributed by atoms with Gasteiger partial charge in [-0.1, -0.05) is 47.5 Å². The van der Waals surface area contributed by atoms with Gasteiger partial charge in [-0.3, -0.25) is 9.69 Å². The van der Waals surface area contributed by atoms with Gasteiger partial charge in [0.25, 0.3) is 5.91 Å². The third kappa shape index (κ3) is 5.51. The van der Waals surface area contributed by atoms with E-state index in [9.17, 15) is 4.79 Å². The summed E-state index contributed by atoms with van der Waals surface area (Å²) in [5.74, 6) is 0.309. The fraction of sp³-hybridized carbons (Fsp3) is 0.296. The fourth-order valence-corrected chi connectivity index (χ4v) is 5.02. The number of ether oxygens (including phenoxy) is 1. The molecule has 5 rings (SSSR count). The Labute approximate surface area is 225 Å². The van der Waals surface area contributed by atoms with Crippen molar-refractivity contribution in [1.29, 1.82) is 0 Å². The van der Waals surface area contributed by atoms with E-state index >= 15 is 0 Å². The molecule has 4 aromatic rings. The Morgan fingerprint density at radius 2 is 1.62 bits per heavy atom. The quantitative estimate of drug-likeness (QED) is 0.331. The number of carbonyl (C=O) groups excluding carboxylic acids is 1. The molecule has 0 unspecified atom stereocenters. The van der Waals surface area contributed by atoms with Crippen LogP contribution in [-0.4, -0.2) is 61.4 Å². The monoisotopic (exact) mass is 538 g/mol. The molecule has 3 heterocycles. The van der Waals surface area contributed by atoms with Crippen LogP contribution in [0, 0.1) is 13.8 Å². The van der Waals surface area contributed by atoms with Crippen LogP contribution >= 0.6 is 23.2 Å². The van der Waals surface area contributed by atoms with Gasteiger partial charge in [0.05, 0.1) is 21.4 Å². The number of benzene rings is 2. The average molecular weight is 539 g/mol. The first-order valence-electron chi connectivity index (χ1n) is 12.1. The van der Waals surface area contributed by atoms with E-state index in [2.05, 4.69) is 36.0 Å². The van der Waals surface area contributed by atoms with E-state index in [1.54, 1.807) is 35.1 Å². The topological polar surface area (TPSA) is 68.4 Å². The van der Waals surface area contributed by atoms with E-state index in [1.807, 2.05) is 27.8 Å². The van der Waals surface area contributed by atoms with Crippen LogP contribution in [0.25, 0.3) is 5.69 Å². The van der Waals surface area contributed by atoms with Gasteiger partial charge in [0, 0.05) is 50.2 Å². The molecular weight excluding hydrogens is 511 g/mol. The summed E-state index contributed by atoms with van der Waals surface area (Å²) in [6.45, 7) is 7.93. The number of para-hydroxylation sites is 2. The number of hydrogen-bond acceptors (Lipinski definition) is 5. The van der Waals surface area contributed by atoms with Crippen molar-refractivity contribution in [2.45, 2.75) is 27.1 Å². The maximum Gasteiger partial charge on any atom is 0.274 e. The number of aromatic nitrogens is 4. The van der Waals surface area contributed by atoms with Crippen molar-refractivity contribution < 1.29 is 9.53 Å². The van der Waals surface area contributed by atoms with Crippen LogP contribution in [0.15, 0.2) is 60.8 Å². The second kappa shape index (κ2) is 11.0. The molecular formula is C27H28Cl2N6O2. The molecule has 37 heavy (non-hydrogen) atoms. The Bertz CT molecular complexity index is 1370. The molecule has 0 spiro atoms. The van der Waals surface area contributed by atoms with Crippen molar-refractivity contribution in [3.05, 3.63) is 93.5 Å². The summed E-state index contributed by atoms with van der Waals surface area (Å²) in [6.07, 6.45) is 1.71. The first-order valence-corrected chi connectivity index (χ1v) is 12.9. The van der Waals surface area contributed by atoms with E-state index in [-0.39, 0.29) is 12.6 Å². The second-order valence-corrected chi connectivity index (χ2v) is 9.84. The molecule has 8 nitrogen and oxygen atoms in total. The van der Waals surface area contributed by atoms with Gasteiger partial charge < -0.3 is 9.64 Å². The summed E-state index contributed by atoms with van der Waals surface area (Å²) in [4.78, 5) is 17.3. The molecule has 2 aromatic carbocycles. The maximum atomic E-state index is 13.1. The molecule has 0 bridgehead atoms. The first kappa shape index (κ1) is 25.3. The van der Waals surface area contributed by atoms with Gasteiger partial charge in [-0.2, -0.15) is 10.2 Å². The summed E-state index contributed by atoms with van der Waals surface area (Å²) in [5, 5.41) is 10.0. The Morgan fingerprint density at radius 1 is 0.919 bits per heavy atom. The van der Waals surface area contributed by atoms with E-state index in [0.717, 1.165) is 36.7 Å². The smallest absolute Gasteiger partial charge is 0.274 e. The van der Waals surface area contributed by atoms with E-state index < -0.39 is 0 Å². The molecule has 1 saturated heterocycles. The van der Waals surface area contributed by atoms with Crippen molar-refractivity contribution in [3.63, 3.8) is 0 Å². The van der Waals surface area contributed by atoms with Gasteiger partial charge in [0.15, 0.2) is 18.2 Å². The lowest BCUT2D eigenvalue weighted by molar-refractivity contribution is 0.0620. The van der Waals surface area contributed by atoms with E-state index in [4.69, 9.17) is 33.0 Å². The molecule has 1 aliphatic heterocycles. The third-order valence-corrected chi connectivity index (χ3v) is 7.20. The molecule has 1 fully saturated rings. The van der Waals surface area contributed by atoms with Crippen molar-refractivity contribution in [3.8, 4) is 11.4 Å². The Hall–Kier alpha value is -3.33. The zero-order valence-corrected chi connectivity index (χ0v) is 22.3. The molecule has 10 heteroatoms. The van der Waals surface area contributed by atoms with Crippen LogP contribution in [0.3, 0.4) is 0 Å². The molecule has 1 aliphatic rings. The largest absolute Gasteiger partial charge is 0.468 e. The predicted molar refractivity (Wildman–Crippen MR) is 144 cm³/mol. The average Bonchev–Trinajstić information content (AvgIpc) is 3.49. The number of nitrogens with zero attached hydrogens (tertiary/aromatic N) is 6. The van der Waals surface area contributed by atoms with Crippen molar-refractivity contribution in [2.24, 2.45) is 0 Å². The summed E-state index contributed by atoms with van der Waals surface area (Å²) in [7, 11) is 0. The van der Waals surface area contributed by atoms with Crippen LogP contribution in [0.1, 0.15) is 27.4 Å². The van der Waals surface area contributed by atoms with Crippen LogP contribution in [0.4, 0.5) is 0 Å². The Balaban J connectivity index is 1.16. The molecule has 0 atom stereocenters. The SMILES string of the molecule is Cc1nn(-c2ccccc2)c(C)c1CN1CCN(C(=O)c2ccn(COc3c(Cl)cccc3Cl)n2)CC1.